The van der Waals surface area contributed by atoms with Crippen LogP contribution in [0.2, 0.25) is 0 Å². The Labute approximate surface area is 125 Å². The van der Waals surface area contributed by atoms with Crippen LogP contribution in [0.15, 0.2) is 29.2 Å². The topological polar surface area (TPSA) is 77.9 Å². The fourth-order valence-corrected chi connectivity index (χ4v) is 3.52. The Morgan fingerprint density at radius 1 is 1.43 bits per heavy atom. The highest BCUT2D eigenvalue weighted by molar-refractivity contribution is 7.89. The van der Waals surface area contributed by atoms with E-state index in [9.17, 15) is 18.3 Å². The van der Waals surface area contributed by atoms with Crippen molar-refractivity contribution in [3.8, 4) is 0 Å². The summed E-state index contributed by atoms with van der Waals surface area (Å²) in [5, 5.41) is 9.17. The first-order chi connectivity index (χ1) is 9.82. The standard InChI is InChI=1S/C14H20N2O4S/c1-15(2)21(19,20)12-6-3-5-11(9-12)10-16-8-4-7-13(16)14(17)18/h3,5-6,9,13H,4,7-8,10H2,1-2H3,(H,17,18). The molecule has 2 rings (SSSR count). The number of hydrogen-bond acceptors (Lipinski definition) is 4. The van der Waals surface area contributed by atoms with Crippen LogP contribution in [0.25, 0.3) is 0 Å². The molecule has 0 radical (unpaired) electrons. The molecule has 1 aliphatic rings. The number of carbonyl (C=O) groups is 1. The van der Waals surface area contributed by atoms with Crippen LogP contribution in [-0.2, 0) is 21.4 Å². The molecule has 1 aromatic carbocycles. The Morgan fingerprint density at radius 2 is 2.14 bits per heavy atom. The van der Waals surface area contributed by atoms with Gasteiger partial charge in [0, 0.05) is 20.6 Å². The molecule has 1 unspecified atom stereocenters. The van der Waals surface area contributed by atoms with Gasteiger partial charge >= 0.3 is 5.97 Å². The van der Waals surface area contributed by atoms with Crippen LogP contribution in [0.5, 0.6) is 0 Å². The molecule has 1 saturated heterocycles. The normalized spacial score (nSPS) is 20.0. The molecule has 116 valence electrons. The van der Waals surface area contributed by atoms with Crippen molar-refractivity contribution in [3.63, 3.8) is 0 Å². The maximum Gasteiger partial charge on any atom is 0.320 e. The molecule has 1 N–H and O–H groups in total. The highest BCUT2D eigenvalue weighted by Gasteiger charge is 2.30. The van der Waals surface area contributed by atoms with Gasteiger partial charge in [0.05, 0.1) is 4.90 Å². The third-order valence-corrected chi connectivity index (χ3v) is 5.52. The molecule has 0 spiro atoms. The van der Waals surface area contributed by atoms with Gasteiger partial charge in [0.25, 0.3) is 0 Å². The minimum Gasteiger partial charge on any atom is -0.480 e. The lowest BCUT2D eigenvalue weighted by molar-refractivity contribution is -0.142. The van der Waals surface area contributed by atoms with Crippen molar-refractivity contribution in [2.75, 3.05) is 20.6 Å². The van der Waals surface area contributed by atoms with Crippen molar-refractivity contribution >= 4 is 16.0 Å². The van der Waals surface area contributed by atoms with Gasteiger partial charge in [-0.05, 0) is 37.1 Å². The Bertz CT molecular complexity index is 628. The predicted octanol–water partition coefficient (Wildman–Crippen LogP) is 0.986. The van der Waals surface area contributed by atoms with Gasteiger partial charge in [-0.2, -0.15) is 0 Å². The van der Waals surface area contributed by atoms with Crippen molar-refractivity contribution in [3.05, 3.63) is 29.8 Å². The van der Waals surface area contributed by atoms with E-state index in [0.717, 1.165) is 18.5 Å². The summed E-state index contributed by atoms with van der Waals surface area (Å²) in [6.07, 6.45) is 1.50. The van der Waals surface area contributed by atoms with Gasteiger partial charge in [0.2, 0.25) is 10.0 Å². The van der Waals surface area contributed by atoms with Crippen LogP contribution in [0, 0.1) is 0 Å². The molecule has 1 aromatic rings. The van der Waals surface area contributed by atoms with Gasteiger partial charge in [-0.3, -0.25) is 9.69 Å². The first-order valence-electron chi connectivity index (χ1n) is 6.80. The molecular formula is C14H20N2O4S. The van der Waals surface area contributed by atoms with Crippen molar-refractivity contribution in [2.45, 2.75) is 30.3 Å². The third-order valence-electron chi connectivity index (χ3n) is 3.71. The molecule has 1 heterocycles. The number of carboxylic acid groups (broad SMARTS) is 1. The zero-order valence-corrected chi connectivity index (χ0v) is 13.0. The zero-order valence-electron chi connectivity index (χ0n) is 12.2. The number of aliphatic carboxylic acids is 1. The molecule has 0 saturated carbocycles. The van der Waals surface area contributed by atoms with Crippen LogP contribution in [0.4, 0.5) is 0 Å². The number of benzene rings is 1. The molecule has 1 atom stereocenters. The van der Waals surface area contributed by atoms with Gasteiger partial charge in [0.15, 0.2) is 0 Å². The minimum absolute atomic E-state index is 0.232. The van der Waals surface area contributed by atoms with Gasteiger partial charge in [-0.15, -0.1) is 0 Å². The number of nitrogens with zero attached hydrogens (tertiary/aromatic N) is 2. The lowest BCUT2D eigenvalue weighted by atomic mass is 10.2. The summed E-state index contributed by atoms with van der Waals surface area (Å²) in [7, 11) is -0.486. The Balaban J connectivity index is 2.21. The van der Waals surface area contributed by atoms with Gasteiger partial charge in [-0.25, -0.2) is 12.7 Å². The summed E-state index contributed by atoms with van der Waals surface area (Å²) < 4.78 is 25.4. The summed E-state index contributed by atoms with van der Waals surface area (Å²) in [4.78, 5) is 13.3. The third kappa shape index (κ3) is 3.42. The quantitative estimate of drug-likeness (QED) is 0.877. The summed E-state index contributed by atoms with van der Waals surface area (Å²) in [6, 6.07) is 6.21. The zero-order chi connectivity index (χ0) is 15.6. The first kappa shape index (κ1) is 15.9. The molecule has 1 aliphatic heterocycles. The van der Waals surface area contributed by atoms with E-state index < -0.39 is 22.0 Å². The lowest BCUT2D eigenvalue weighted by Crippen LogP contribution is -2.35. The average molecular weight is 312 g/mol. The van der Waals surface area contributed by atoms with Gasteiger partial charge in [-0.1, -0.05) is 12.1 Å². The minimum atomic E-state index is -3.46. The highest BCUT2D eigenvalue weighted by Crippen LogP contribution is 2.22. The van der Waals surface area contributed by atoms with E-state index in [0.29, 0.717) is 13.0 Å². The molecule has 0 aromatic heterocycles. The largest absolute Gasteiger partial charge is 0.480 e. The van der Waals surface area contributed by atoms with Gasteiger partial charge in [0.1, 0.15) is 6.04 Å². The van der Waals surface area contributed by atoms with E-state index >= 15 is 0 Å². The summed E-state index contributed by atoms with van der Waals surface area (Å²) in [5.41, 5.74) is 0.811. The maximum atomic E-state index is 12.1. The van der Waals surface area contributed by atoms with Crippen molar-refractivity contribution in [1.82, 2.24) is 9.21 Å². The Hall–Kier alpha value is -1.44. The molecule has 0 bridgehead atoms. The van der Waals surface area contributed by atoms with Crippen LogP contribution in [-0.4, -0.2) is 55.4 Å². The molecule has 0 amide bonds. The van der Waals surface area contributed by atoms with Crippen molar-refractivity contribution in [1.29, 1.82) is 0 Å². The molecule has 0 aliphatic carbocycles. The monoisotopic (exact) mass is 312 g/mol. The SMILES string of the molecule is CN(C)S(=O)(=O)c1cccc(CN2CCCC2C(=O)O)c1. The van der Waals surface area contributed by atoms with Crippen LogP contribution in [0.1, 0.15) is 18.4 Å². The van der Waals surface area contributed by atoms with E-state index in [2.05, 4.69) is 0 Å². The summed E-state index contributed by atoms with van der Waals surface area (Å²) in [5.74, 6) is -0.815. The predicted molar refractivity (Wildman–Crippen MR) is 78.4 cm³/mol. The molecule has 6 nitrogen and oxygen atoms in total. The fraction of sp³-hybridized carbons (Fsp3) is 0.500. The average Bonchev–Trinajstić information content (AvgIpc) is 2.87. The second kappa shape index (κ2) is 6.13. The van der Waals surface area contributed by atoms with Crippen LogP contribution < -0.4 is 0 Å². The number of carboxylic acids is 1. The Kier molecular flexibility index (Phi) is 4.65. The smallest absolute Gasteiger partial charge is 0.320 e. The van der Waals surface area contributed by atoms with E-state index in [-0.39, 0.29) is 4.90 Å². The second-order valence-corrected chi connectivity index (χ2v) is 7.55. The van der Waals surface area contributed by atoms with Crippen molar-refractivity contribution in [2.24, 2.45) is 0 Å². The highest BCUT2D eigenvalue weighted by atomic mass is 32.2. The molecule has 21 heavy (non-hydrogen) atoms. The summed E-state index contributed by atoms with van der Waals surface area (Å²) >= 11 is 0. The van der Waals surface area contributed by atoms with E-state index in [1.54, 1.807) is 18.2 Å². The Morgan fingerprint density at radius 3 is 2.76 bits per heavy atom. The van der Waals surface area contributed by atoms with E-state index in [4.69, 9.17) is 0 Å². The number of rotatable bonds is 5. The number of hydrogen-bond donors (Lipinski definition) is 1. The van der Waals surface area contributed by atoms with E-state index in [1.165, 1.54) is 18.4 Å². The van der Waals surface area contributed by atoms with Crippen LogP contribution >= 0.6 is 0 Å². The van der Waals surface area contributed by atoms with Crippen molar-refractivity contribution < 1.29 is 18.3 Å². The first-order valence-corrected chi connectivity index (χ1v) is 8.24. The molecule has 7 heteroatoms. The number of likely N-dealkylation sites (tertiary alicyclic amines) is 1. The van der Waals surface area contributed by atoms with E-state index in [1.807, 2.05) is 11.0 Å². The maximum absolute atomic E-state index is 12.1. The van der Waals surface area contributed by atoms with Gasteiger partial charge < -0.3 is 5.11 Å². The molecular weight excluding hydrogens is 292 g/mol. The number of sulfonamides is 1. The molecule has 1 fully saturated rings. The second-order valence-electron chi connectivity index (χ2n) is 5.40. The fourth-order valence-electron chi connectivity index (χ4n) is 2.54. The lowest BCUT2D eigenvalue weighted by Gasteiger charge is -2.21. The summed E-state index contributed by atoms with van der Waals surface area (Å²) in [6.45, 7) is 1.18. The van der Waals surface area contributed by atoms with Crippen LogP contribution in [0.3, 0.4) is 0 Å².